The average Bonchev–Trinajstić information content (AvgIpc) is 2.46. The minimum atomic E-state index is 0.163. The number of Topliss-reactive ketones (excluding diaryl/α,β-unsaturated/α-hetero) is 1. The molecule has 0 saturated heterocycles. The van der Waals surface area contributed by atoms with Crippen molar-refractivity contribution in [1.29, 1.82) is 0 Å². The minimum Gasteiger partial charge on any atom is -0.492 e. The quantitative estimate of drug-likeness (QED) is 0.579. The normalized spacial score (nSPS) is 10.2. The first-order chi connectivity index (χ1) is 9.27. The molecule has 3 heteroatoms. The van der Waals surface area contributed by atoms with Gasteiger partial charge in [0.05, 0.1) is 11.1 Å². The van der Waals surface area contributed by atoms with Crippen LogP contribution in [-0.2, 0) is 0 Å². The Kier molecular flexibility index (Phi) is 5.16. The molecule has 2 rings (SSSR count). The van der Waals surface area contributed by atoms with Crippen LogP contribution in [0.3, 0.4) is 0 Å². The van der Waals surface area contributed by atoms with Crippen molar-refractivity contribution in [3.63, 3.8) is 0 Å². The summed E-state index contributed by atoms with van der Waals surface area (Å²) in [6.45, 7) is 0.543. The topological polar surface area (TPSA) is 26.3 Å². The maximum Gasteiger partial charge on any atom is 0.163 e. The first-order valence-corrected chi connectivity index (χ1v) is 7.02. The SMILES string of the molecule is O=C(CCCOc1ccccc1Br)c1ccccc1. The Morgan fingerprint density at radius 1 is 1.00 bits per heavy atom. The number of carbonyl (C=O) groups excluding carboxylic acids is 1. The fourth-order valence-corrected chi connectivity index (χ4v) is 2.14. The Hall–Kier alpha value is -1.61. The molecule has 2 aromatic rings. The summed E-state index contributed by atoms with van der Waals surface area (Å²) in [6.07, 6.45) is 1.23. The van der Waals surface area contributed by atoms with Crippen LogP contribution in [0.15, 0.2) is 59.1 Å². The van der Waals surface area contributed by atoms with E-state index in [-0.39, 0.29) is 5.78 Å². The van der Waals surface area contributed by atoms with Crippen molar-refractivity contribution in [2.75, 3.05) is 6.61 Å². The summed E-state index contributed by atoms with van der Waals surface area (Å²) in [5.74, 6) is 0.978. The van der Waals surface area contributed by atoms with Crippen LogP contribution in [-0.4, -0.2) is 12.4 Å². The number of halogens is 1. The first-order valence-electron chi connectivity index (χ1n) is 6.23. The summed E-state index contributed by atoms with van der Waals surface area (Å²) < 4.78 is 6.56. The molecule has 0 radical (unpaired) electrons. The molecule has 0 saturated carbocycles. The molecule has 0 aromatic heterocycles. The standard InChI is InChI=1S/C16H15BrO2/c17-14-9-4-5-11-16(14)19-12-6-10-15(18)13-7-2-1-3-8-13/h1-5,7-9,11H,6,10,12H2. The van der Waals surface area contributed by atoms with Crippen molar-refractivity contribution in [3.05, 3.63) is 64.6 Å². The molecule has 98 valence electrons. The lowest BCUT2D eigenvalue weighted by Crippen LogP contribution is -2.04. The van der Waals surface area contributed by atoms with Gasteiger partial charge in [0.25, 0.3) is 0 Å². The second-order valence-corrected chi connectivity index (χ2v) is 5.03. The van der Waals surface area contributed by atoms with E-state index < -0.39 is 0 Å². The van der Waals surface area contributed by atoms with Crippen molar-refractivity contribution in [2.24, 2.45) is 0 Å². The molecule has 0 aliphatic carbocycles. The maximum absolute atomic E-state index is 11.9. The van der Waals surface area contributed by atoms with Crippen LogP contribution in [0.4, 0.5) is 0 Å². The number of para-hydroxylation sites is 1. The number of ether oxygens (including phenoxy) is 1. The summed E-state index contributed by atoms with van der Waals surface area (Å²) in [6, 6.07) is 17.1. The third kappa shape index (κ3) is 4.21. The van der Waals surface area contributed by atoms with E-state index in [9.17, 15) is 4.79 Å². The summed E-state index contributed by atoms with van der Waals surface area (Å²) >= 11 is 3.42. The zero-order valence-corrected chi connectivity index (χ0v) is 12.1. The third-order valence-electron chi connectivity index (χ3n) is 2.74. The Balaban J connectivity index is 1.76. The monoisotopic (exact) mass is 318 g/mol. The van der Waals surface area contributed by atoms with Gasteiger partial charge in [-0.25, -0.2) is 0 Å². The van der Waals surface area contributed by atoms with Gasteiger partial charge in [0.1, 0.15) is 5.75 Å². The number of hydrogen-bond donors (Lipinski definition) is 0. The van der Waals surface area contributed by atoms with Crippen molar-refractivity contribution in [1.82, 2.24) is 0 Å². The van der Waals surface area contributed by atoms with Gasteiger partial charge in [-0.1, -0.05) is 42.5 Å². The highest BCUT2D eigenvalue weighted by Crippen LogP contribution is 2.23. The van der Waals surface area contributed by atoms with Gasteiger partial charge in [0.15, 0.2) is 5.78 Å². The van der Waals surface area contributed by atoms with E-state index in [4.69, 9.17) is 4.74 Å². The lowest BCUT2D eigenvalue weighted by molar-refractivity contribution is 0.0973. The molecule has 0 bridgehead atoms. The van der Waals surface area contributed by atoms with E-state index in [2.05, 4.69) is 15.9 Å². The Labute approximate surface area is 121 Å². The molecule has 2 nitrogen and oxygen atoms in total. The zero-order valence-electron chi connectivity index (χ0n) is 10.5. The smallest absolute Gasteiger partial charge is 0.163 e. The van der Waals surface area contributed by atoms with Crippen LogP contribution < -0.4 is 4.74 Å². The highest BCUT2D eigenvalue weighted by molar-refractivity contribution is 9.10. The first kappa shape index (κ1) is 13.8. The van der Waals surface area contributed by atoms with Crippen LogP contribution in [0, 0.1) is 0 Å². The van der Waals surface area contributed by atoms with Gasteiger partial charge in [-0.3, -0.25) is 4.79 Å². The number of hydrogen-bond acceptors (Lipinski definition) is 2. The van der Waals surface area contributed by atoms with Crippen molar-refractivity contribution in [3.8, 4) is 5.75 Å². The van der Waals surface area contributed by atoms with Gasteiger partial charge < -0.3 is 4.74 Å². The van der Waals surface area contributed by atoms with Crippen LogP contribution in [0.25, 0.3) is 0 Å². The molecular weight excluding hydrogens is 304 g/mol. The molecule has 0 fully saturated rings. The number of benzene rings is 2. The zero-order chi connectivity index (χ0) is 13.5. The van der Waals surface area contributed by atoms with E-state index in [1.54, 1.807) is 0 Å². The van der Waals surface area contributed by atoms with Crippen molar-refractivity contribution in [2.45, 2.75) is 12.8 Å². The maximum atomic E-state index is 11.9. The Morgan fingerprint density at radius 2 is 1.68 bits per heavy atom. The lowest BCUT2D eigenvalue weighted by atomic mass is 10.1. The molecule has 0 N–H and O–H groups in total. The van der Waals surface area contributed by atoms with Gasteiger partial charge in [-0.2, -0.15) is 0 Å². The average molecular weight is 319 g/mol. The van der Waals surface area contributed by atoms with Gasteiger partial charge in [0.2, 0.25) is 0 Å². The van der Waals surface area contributed by atoms with Gasteiger partial charge in [-0.15, -0.1) is 0 Å². The third-order valence-corrected chi connectivity index (χ3v) is 3.39. The highest BCUT2D eigenvalue weighted by Gasteiger charge is 2.05. The fraction of sp³-hybridized carbons (Fsp3) is 0.188. The second kappa shape index (κ2) is 7.10. The number of carbonyl (C=O) groups is 1. The van der Waals surface area contributed by atoms with Gasteiger partial charge in [0, 0.05) is 12.0 Å². The molecule has 0 aliphatic heterocycles. The van der Waals surface area contributed by atoms with E-state index in [1.807, 2.05) is 54.6 Å². The molecule has 0 spiro atoms. The van der Waals surface area contributed by atoms with E-state index >= 15 is 0 Å². The number of ketones is 1. The van der Waals surface area contributed by atoms with Crippen molar-refractivity contribution >= 4 is 21.7 Å². The minimum absolute atomic E-state index is 0.163. The van der Waals surface area contributed by atoms with Crippen LogP contribution in [0.1, 0.15) is 23.2 Å². The molecule has 19 heavy (non-hydrogen) atoms. The molecular formula is C16H15BrO2. The molecule has 0 amide bonds. The molecule has 2 aromatic carbocycles. The summed E-state index contributed by atoms with van der Waals surface area (Å²) in [5.41, 5.74) is 0.767. The predicted octanol–water partition coefficient (Wildman–Crippen LogP) is 4.49. The van der Waals surface area contributed by atoms with Gasteiger partial charge >= 0.3 is 0 Å². The fourth-order valence-electron chi connectivity index (χ4n) is 1.75. The molecule has 0 heterocycles. The predicted molar refractivity (Wildman–Crippen MR) is 79.6 cm³/mol. The molecule has 0 atom stereocenters. The Bertz CT molecular complexity index is 537. The van der Waals surface area contributed by atoms with Crippen LogP contribution in [0.5, 0.6) is 5.75 Å². The highest BCUT2D eigenvalue weighted by atomic mass is 79.9. The van der Waals surface area contributed by atoms with Gasteiger partial charge in [-0.05, 0) is 34.5 Å². The molecule has 0 aliphatic rings. The van der Waals surface area contributed by atoms with Crippen molar-refractivity contribution < 1.29 is 9.53 Å². The van der Waals surface area contributed by atoms with Crippen LogP contribution in [0.2, 0.25) is 0 Å². The van der Waals surface area contributed by atoms with Crippen LogP contribution >= 0.6 is 15.9 Å². The Morgan fingerprint density at radius 3 is 2.42 bits per heavy atom. The lowest BCUT2D eigenvalue weighted by Gasteiger charge is -2.07. The largest absolute Gasteiger partial charge is 0.492 e. The number of rotatable bonds is 6. The van der Waals surface area contributed by atoms with E-state index in [0.29, 0.717) is 13.0 Å². The second-order valence-electron chi connectivity index (χ2n) is 4.17. The summed E-state index contributed by atoms with van der Waals surface area (Å²) in [5, 5.41) is 0. The summed E-state index contributed by atoms with van der Waals surface area (Å²) in [4.78, 5) is 11.9. The van der Waals surface area contributed by atoms with E-state index in [1.165, 1.54) is 0 Å². The van der Waals surface area contributed by atoms with E-state index in [0.717, 1.165) is 22.2 Å². The molecule has 0 unspecified atom stereocenters. The summed E-state index contributed by atoms with van der Waals surface area (Å²) in [7, 11) is 0.